The number of hydrogen-bond acceptors (Lipinski definition) is 4. The first-order valence-corrected chi connectivity index (χ1v) is 8.41. The number of amides is 2. The first kappa shape index (κ1) is 17.9. The number of nitrogens with one attached hydrogen (secondary N) is 1. The average Bonchev–Trinajstić information content (AvgIpc) is 2.60. The fraction of sp³-hybridized carbons (Fsp3) is 0.222. The molecule has 0 radical (unpaired) electrons. The Labute approximate surface area is 154 Å². The molecule has 0 aliphatic carbocycles. The van der Waals surface area contributed by atoms with Gasteiger partial charge < -0.3 is 10.2 Å². The first-order valence-electron chi connectivity index (χ1n) is 8.03. The fourth-order valence-electron chi connectivity index (χ4n) is 3.03. The van der Waals surface area contributed by atoms with Crippen LogP contribution in [0.2, 0.25) is 5.02 Å². The lowest BCUT2D eigenvalue weighted by molar-refractivity contribution is -0.385. The number of fused-ring (bicyclic) bond motifs is 1. The lowest BCUT2D eigenvalue weighted by Gasteiger charge is -2.29. The van der Waals surface area contributed by atoms with Gasteiger partial charge in [-0.25, -0.2) is 0 Å². The zero-order valence-electron chi connectivity index (χ0n) is 14.0. The minimum Gasteiger partial charge on any atom is -0.322 e. The van der Waals surface area contributed by atoms with Crippen LogP contribution in [0.1, 0.15) is 29.3 Å². The Hall–Kier alpha value is -2.93. The molecule has 2 amide bonds. The van der Waals surface area contributed by atoms with Crippen LogP contribution < -0.4 is 10.2 Å². The molecule has 1 heterocycles. The summed E-state index contributed by atoms with van der Waals surface area (Å²) in [5.41, 5.74) is 1.79. The van der Waals surface area contributed by atoms with Crippen LogP contribution >= 0.6 is 11.6 Å². The lowest BCUT2D eigenvalue weighted by atomic mass is 10.0. The Bertz CT molecular complexity index is 913. The predicted octanol–water partition coefficient (Wildman–Crippen LogP) is 3.80. The molecule has 0 saturated carbocycles. The van der Waals surface area contributed by atoms with E-state index in [-0.39, 0.29) is 22.2 Å². The molecule has 134 valence electrons. The largest absolute Gasteiger partial charge is 0.322 e. The maximum Gasteiger partial charge on any atom is 0.282 e. The minimum atomic E-state index is -0.635. The van der Waals surface area contributed by atoms with E-state index in [4.69, 9.17) is 11.6 Å². The Balaban J connectivity index is 1.92. The normalized spacial score (nSPS) is 13.1. The van der Waals surface area contributed by atoms with E-state index in [2.05, 4.69) is 5.32 Å². The number of carbonyl (C=O) groups excluding carboxylic acids is 2. The Morgan fingerprint density at radius 2 is 2.00 bits per heavy atom. The molecule has 2 aromatic rings. The summed E-state index contributed by atoms with van der Waals surface area (Å²) in [6.07, 6.45) is 1.74. The van der Waals surface area contributed by atoms with Crippen LogP contribution in [-0.2, 0) is 11.2 Å². The van der Waals surface area contributed by atoms with E-state index >= 15 is 0 Å². The molecule has 1 aliphatic rings. The fourth-order valence-corrected chi connectivity index (χ4v) is 3.20. The number of carbonyl (C=O) groups is 2. The molecule has 3 rings (SSSR count). The highest BCUT2D eigenvalue weighted by Crippen LogP contribution is 2.31. The van der Waals surface area contributed by atoms with Gasteiger partial charge in [0.05, 0.1) is 4.92 Å². The molecule has 0 fully saturated rings. The van der Waals surface area contributed by atoms with Crippen molar-refractivity contribution in [3.63, 3.8) is 0 Å². The third-order valence-corrected chi connectivity index (χ3v) is 4.48. The molecule has 1 aliphatic heterocycles. The quantitative estimate of drug-likeness (QED) is 0.654. The van der Waals surface area contributed by atoms with Crippen molar-refractivity contribution >= 4 is 40.5 Å². The monoisotopic (exact) mass is 373 g/mol. The van der Waals surface area contributed by atoms with E-state index in [9.17, 15) is 19.7 Å². The summed E-state index contributed by atoms with van der Waals surface area (Å²) >= 11 is 5.87. The number of rotatable bonds is 3. The highest BCUT2D eigenvalue weighted by molar-refractivity contribution is 6.31. The molecule has 7 nitrogen and oxygen atoms in total. The van der Waals surface area contributed by atoms with Crippen LogP contribution in [0, 0.1) is 10.1 Å². The van der Waals surface area contributed by atoms with Gasteiger partial charge in [0.1, 0.15) is 5.56 Å². The van der Waals surface area contributed by atoms with Gasteiger partial charge in [0.25, 0.3) is 11.6 Å². The van der Waals surface area contributed by atoms with Gasteiger partial charge in [0.2, 0.25) is 5.91 Å². The van der Waals surface area contributed by atoms with Gasteiger partial charge in [-0.05, 0) is 42.7 Å². The van der Waals surface area contributed by atoms with Gasteiger partial charge in [0.15, 0.2) is 0 Å². The Morgan fingerprint density at radius 3 is 2.69 bits per heavy atom. The second kappa shape index (κ2) is 7.13. The number of anilines is 2. The van der Waals surface area contributed by atoms with Crippen LogP contribution in [0.25, 0.3) is 0 Å². The zero-order valence-corrected chi connectivity index (χ0v) is 14.7. The third kappa shape index (κ3) is 3.52. The highest BCUT2D eigenvalue weighted by atomic mass is 35.5. The summed E-state index contributed by atoms with van der Waals surface area (Å²) in [6, 6.07) is 9.10. The van der Waals surface area contributed by atoms with Crippen LogP contribution in [-0.4, -0.2) is 23.3 Å². The summed E-state index contributed by atoms with van der Waals surface area (Å²) < 4.78 is 0. The van der Waals surface area contributed by atoms with Crippen molar-refractivity contribution in [3.05, 3.63) is 62.7 Å². The molecule has 26 heavy (non-hydrogen) atoms. The summed E-state index contributed by atoms with van der Waals surface area (Å²) in [4.78, 5) is 36.5. The molecular weight excluding hydrogens is 358 g/mol. The molecule has 0 aromatic heterocycles. The number of nitro benzene ring substituents is 1. The molecular formula is C18H16ClN3O4. The maximum absolute atomic E-state index is 12.5. The van der Waals surface area contributed by atoms with Crippen molar-refractivity contribution < 1.29 is 14.5 Å². The van der Waals surface area contributed by atoms with Crippen LogP contribution in [0.3, 0.4) is 0 Å². The summed E-state index contributed by atoms with van der Waals surface area (Å²) in [6.45, 7) is 2.12. The number of nitrogens with zero attached hydrogens (tertiary/aromatic N) is 2. The molecule has 0 saturated heterocycles. The summed E-state index contributed by atoms with van der Waals surface area (Å²) in [7, 11) is 0. The topological polar surface area (TPSA) is 92.6 Å². The van der Waals surface area contributed by atoms with Crippen molar-refractivity contribution in [2.75, 3.05) is 16.8 Å². The van der Waals surface area contributed by atoms with Crippen molar-refractivity contribution in [1.82, 2.24) is 0 Å². The van der Waals surface area contributed by atoms with Gasteiger partial charge in [-0.2, -0.15) is 0 Å². The van der Waals surface area contributed by atoms with Gasteiger partial charge >= 0.3 is 0 Å². The number of hydrogen-bond donors (Lipinski definition) is 1. The number of benzene rings is 2. The predicted molar refractivity (Wildman–Crippen MR) is 98.8 cm³/mol. The molecule has 0 atom stereocenters. The van der Waals surface area contributed by atoms with Crippen LogP contribution in [0.5, 0.6) is 0 Å². The SMILES string of the molecule is CC(=O)N1CCCc2ccc(NC(=O)c3cc(Cl)ccc3[N+](=O)[O-])cc21. The lowest BCUT2D eigenvalue weighted by Crippen LogP contribution is -2.33. The third-order valence-electron chi connectivity index (χ3n) is 4.24. The molecule has 8 heteroatoms. The van der Waals surface area contributed by atoms with Crippen molar-refractivity contribution in [1.29, 1.82) is 0 Å². The number of nitro groups is 1. The molecule has 0 unspecified atom stereocenters. The Kier molecular flexibility index (Phi) is 4.90. The minimum absolute atomic E-state index is 0.0695. The molecule has 0 spiro atoms. The number of halogens is 1. The molecule has 2 aromatic carbocycles. The first-order chi connectivity index (χ1) is 12.4. The zero-order chi connectivity index (χ0) is 18.8. The smallest absolute Gasteiger partial charge is 0.282 e. The van der Waals surface area contributed by atoms with Crippen molar-refractivity contribution in [2.24, 2.45) is 0 Å². The second-order valence-electron chi connectivity index (χ2n) is 5.99. The van der Waals surface area contributed by atoms with Gasteiger partial charge in [0, 0.05) is 35.9 Å². The molecule has 1 N–H and O–H groups in total. The van der Waals surface area contributed by atoms with E-state index in [1.807, 2.05) is 6.07 Å². The average molecular weight is 374 g/mol. The van der Waals surface area contributed by atoms with Crippen LogP contribution in [0.4, 0.5) is 17.1 Å². The second-order valence-corrected chi connectivity index (χ2v) is 6.43. The van der Waals surface area contributed by atoms with E-state index in [0.29, 0.717) is 12.2 Å². The van der Waals surface area contributed by atoms with E-state index in [0.717, 1.165) is 24.1 Å². The van der Waals surface area contributed by atoms with E-state index in [1.54, 1.807) is 17.0 Å². The standard InChI is InChI=1S/C18H16ClN3O4/c1-11(23)21-8-2-3-12-4-6-14(10-17(12)21)20-18(24)15-9-13(19)5-7-16(15)22(25)26/h4-7,9-10H,2-3,8H2,1H3,(H,20,24). The van der Waals surface area contributed by atoms with E-state index < -0.39 is 10.8 Å². The van der Waals surface area contributed by atoms with Crippen molar-refractivity contribution in [3.8, 4) is 0 Å². The molecule has 0 bridgehead atoms. The Morgan fingerprint density at radius 1 is 1.23 bits per heavy atom. The van der Waals surface area contributed by atoms with Gasteiger partial charge in [-0.3, -0.25) is 19.7 Å². The van der Waals surface area contributed by atoms with E-state index in [1.165, 1.54) is 25.1 Å². The van der Waals surface area contributed by atoms with Gasteiger partial charge in [-0.15, -0.1) is 0 Å². The summed E-state index contributed by atoms with van der Waals surface area (Å²) in [5, 5.41) is 14.0. The van der Waals surface area contributed by atoms with Crippen molar-refractivity contribution in [2.45, 2.75) is 19.8 Å². The van der Waals surface area contributed by atoms with Crippen LogP contribution in [0.15, 0.2) is 36.4 Å². The number of aryl methyl sites for hydroxylation is 1. The highest BCUT2D eigenvalue weighted by Gasteiger charge is 2.23. The summed E-state index contributed by atoms with van der Waals surface area (Å²) in [5.74, 6) is -0.704. The van der Waals surface area contributed by atoms with Gasteiger partial charge in [-0.1, -0.05) is 17.7 Å². The maximum atomic E-state index is 12.5.